The SMILES string of the molecule is CN1CCC(N2CCC(N3CCCC3C(=O)O)CC2)C1. The number of hydrogen-bond acceptors (Lipinski definition) is 4. The van der Waals surface area contributed by atoms with Crippen LogP contribution in [0.1, 0.15) is 32.1 Å². The van der Waals surface area contributed by atoms with Gasteiger partial charge in [0.1, 0.15) is 6.04 Å². The first kappa shape index (κ1) is 14.3. The van der Waals surface area contributed by atoms with Gasteiger partial charge < -0.3 is 10.0 Å². The number of likely N-dealkylation sites (N-methyl/N-ethyl adjacent to an activating group) is 1. The van der Waals surface area contributed by atoms with Crippen LogP contribution in [-0.2, 0) is 4.79 Å². The highest BCUT2D eigenvalue weighted by atomic mass is 16.4. The Labute approximate surface area is 121 Å². The molecule has 0 aromatic carbocycles. The Morgan fingerprint density at radius 3 is 2.30 bits per heavy atom. The molecule has 2 unspecified atom stereocenters. The van der Waals surface area contributed by atoms with E-state index in [1.54, 1.807) is 0 Å². The van der Waals surface area contributed by atoms with Gasteiger partial charge in [-0.1, -0.05) is 0 Å². The third kappa shape index (κ3) is 2.85. The van der Waals surface area contributed by atoms with Gasteiger partial charge in [0, 0.05) is 18.6 Å². The Hall–Kier alpha value is -0.650. The molecule has 3 fully saturated rings. The summed E-state index contributed by atoms with van der Waals surface area (Å²) in [4.78, 5) is 18.6. The first-order valence-corrected chi connectivity index (χ1v) is 8.06. The van der Waals surface area contributed by atoms with Gasteiger partial charge in [-0.3, -0.25) is 14.6 Å². The number of rotatable bonds is 3. The molecule has 0 saturated carbocycles. The van der Waals surface area contributed by atoms with E-state index < -0.39 is 5.97 Å². The molecule has 3 rings (SSSR count). The van der Waals surface area contributed by atoms with E-state index in [-0.39, 0.29) is 6.04 Å². The highest BCUT2D eigenvalue weighted by Gasteiger charge is 2.37. The zero-order valence-corrected chi connectivity index (χ0v) is 12.5. The van der Waals surface area contributed by atoms with Gasteiger partial charge in [-0.15, -0.1) is 0 Å². The summed E-state index contributed by atoms with van der Waals surface area (Å²) in [6, 6.07) is 1.01. The number of hydrogen-bond donors (Lipinski definition) is 1. The van der Waals surface area contributed by atoms with Crippen molar-refractivity contribution in [2.24, 2.45) is 0 Å². The number of piperidine rings is 1. The second-order valence-corrected chi connectivity index (χ2v) is 6.71. The van der Waals surface area contributed by atoms with Crippen LogP contribution in [0.25, 0.3) is 0 Å². The summed E-state index contributed by atoms with van der Waals surface area (Å²) in [5.41, 5.74) is 0. The molecule has 2 atom stereocenters. The number of carboxylic acids is 1. The van der Waals surface area contributed by atoms with Crippen LogP contribution in [0.3, 0.4) is 0 Å². The molecule has 5 nitrogen and oxygen atoms in total. The van der Waals surface area contributed by atoms with Crippen LogP contribution in [0.2, 0.25) is 0 Å². The first-order chi connectivity index (χ1) is 9.65. The van der Waals surface area contributed by atoms with E-state index in [9.17, 15) is 9.90 Å². The van der Waals surface area contributed by atoms with Gasteiger partial charge in [-0.2, -0.15) is 0 Å². The van der Waals surface area contributed by atoms with E-state index in [1.807, 2.05) is 0 Å². The predicted octanol–water partition coefficient (Wildman–Crippen LogP) is 0.704. The number of aliphatic carboxylic acids is 1. The maximum absolute atomic E-state index is 11.3. The van der Waals surface area contributed by atoms with E-state index in [2.05, 4.69) is 21.7 Å². The zero-order chi connectivity index (χ0) is 14.1. The quantitative estimate of drug-likeness (QED) is 0.825. The third-order valence-corrected chi connectivity index (χ3v) is 5.43. The van der Waals surface area contributed by atoms with Crippen LogP contribution in [0, 0.1) is 0 Å². The topological polar surface area (TPSA) is 47.0 Å². The number of nitrogens with zero attached hydrogens (tertiary/aromatic N) is 3. The molecule has 3 aliphatic heterocycles. The Morgan fingerprint density at radius 2 is 1.70 bits per heavy atom. The summed E-state index contributed by atoms with van der Waals surface area (Å²) < 4.78 is 0. The summed E-state index contributed by atoms with van der Waals surface area (Å²) in [7, 11) is 2.20. The van der Waals surface area contributed by atoms with E-state index in [4.69, 9.17) is 0 Å². The first-order valence-electron chi connectivity index (χ1n) is 8.06. The summed E-state index contributed by atoms with van der Waals surface area (Å²) >= 11 is 0. The minimum atomic E-state index is -0.623. The maximum atomic E-state index is 11.3. The summed E-state index contributed by atoms with van der Waals surface area (Å²) in [6.07, 6.45) is 5.46. The molecule has 3 heterocycles. The van der Waals surface area contributed by atoms with Crippen molar-refractivity contribution in [2.75, 3.05) is 39.8 Å². The van der Waals surface area contributed by atoms with Gasteiger partial charge in [0.25, 0.3) is 0 Å². The molecular formula is C15H27N3O2. The molecule has 0 radical (unpaired) electrons. The summed E-state index contributed by atoms with van der Waals surface area (Å²) in [6.45, 7) is 5.69. The second-order valence-electron chi connectivity index (χ2n) is 6.71. The summed E-state index contributed by atoms with van der Waals surface area (Å²) in [5, 5.41) is 9.31. The molecule has 0 aromatic rings. The third-order valence-electron chi connectivity index (χ3n) is 5.43. The predicted molar refractivity (Wildman–Crippen MR) is 77.9 cm³/mol. The van der Waals surface area contributed by atoms with Gasteiger partial charge in [-0.05, 0) is 65.3 Å². The molecule has 0 spiro atoms. The minimum Gasteiger partial charge on any atom is -0.480 e. The van der Waals surface area contributed by atoms with Crippen LogP contribution in [0.5, 0.6) is 0 Å². The molecule has 0 bridgehead atoms. The molecule has 5 heteroatoms. The molecule has 0 amide bonds. The van der Waals surface area contributed by atoms with Crippen LogP contribution in [-0.4, -0.2) is 83.7 Å². The van der Waals surface area contributed by atoms with Gasteiger partial charge in [0.05, 0.1) is 0 Å². The van der Waals surface area contributed by atoms with Gasteiger partial charge in [0.2, 0.25) is 0 Å². The average molecular weight is 281 g/mol. The molecule has 114 valence electrons. The smallest absolute Gasteiger partial charge is 0.320 e. The molecule has 0 aliphatic carbocycles. The Kier molecular flexibility index (Phi) is 4.29. The lowest BCUT2D eigenvalue weighted by Gasteiger charge is -2.40. The van der Waals surface area contributed by atoms with Crippen molar-refractivity contribution in [1.29, 1.82) is 0 Å². The lowest BCUT2D eigenvalue weighted by atomic mass is 10.00. The van der Waals surface area contributed by atoms with E-state index in [0.29, 0.717) is 6.04 Å². The lowest BCUT2D eigenvalue weighted by molar-refractivity contribution is -0.143. The minimum absolute atomic E-state index is 0.218. The van der Waals surface area contributed by atoms with Crippen LogP contribution < -0.4 is 0 Å². The van der Waals surface area contributed by atoms with Crippen molar-refractivity contribution in [3.63, 3.8) is 0 Å². The van der Waals surface area contributed by atoms with Crippen molar-refractivity contribution in [1.82, 2.24) is 14.7 Å². The fourth-order valence-corrected chi connectivity index (χ4v) is 4.28. The second kappa shape index (κ2) is 6.00. The summed E-state index contributed by atoms with van der Waals surface area (Å²) in [5.74, 6) is -0.623. The molecule has 1 N–H and O–H groups in total. The van der Waals surface area contributed by atoms with E-state index in [1.165, 1.54) is 19.5 Å². The van der Waals surface area contributed by atoms with E-state index in [0.717, 1.165) is 51.4 Å². The van der Waals surface area contributed by atoms with Crippen molar-refractivity contribution in [3.05, 3.63) is 0 Å². The van der Waals surface area contributed by atoms with Crippen molar-refractivity contribution in [3.8, 4) is 0 Å². The number of likely N-dealkylation sites (tertiary alicyclic amines) is 3. The van der Waals surface area contributed by atoms with Crippen LogP contribution in [0.4, 0.5) is 0 Å². The lowest BCUT2D eigenvalue weighted by Crippen LogP contribution is -2.51. The molecule has 0 aromatic heterocycles. The van der Waals surface area contributed by atoms with Gasteiger partial charge in [0.15, 0.2) is 0 Å². The maximum Gasteiger partial charge on any atom is 0.320 e. The highest BCUT2D eigenvalue weighted by Crippen LogP contribution is 2.28. The highest BCUT2D eigenvalue weighted by molar-refractivity contribution is 5.73. The standard InChI is InChI=1S/C15H27N3O2/c1-16-8-4-13(11-16)17-9-5-12(6-10-17)18-7-2-3-14(18)15(19)20/h12-14H,2-11H2,1H3,(H,19,20). The van der Waals surface area contributed by atoms with Crippen molar-refractivity contribution in [2.45, 2.75) is 50.2 Å². The van der Waals surface area contributed by atoms with Crippen LogP contribution in [0.15, 0.2) is 0 Å². The fourth-order valence-electron chi connectivity index (χ4n) is 4.28. The molecule has 20 heavy (non-hydrogen) atoms. The molecule has 3 aliphatic rings. The molecular weight excluding hydrogens is 254 g/mol. The van der Waals surface area contributed by atoms with Crippen LogP contribution >= 0.6 is 0 Å². The number of carbonyl (C=O) groups is 1. The van der Waals surface area contributed by atoms with E-state index >= 15 is 0 Å². The Balaban J connectivity index is 1.52. The Bertz CT molecular complexity index is 355. The zero-order valence-electron chi connectivity index (χ0n) is 12.5. The van der Waals surface area contributed by atoms with Crippen molar-refractivity contribution >= 4 is 5.97 Å². The molecule has 3 saturated heterocycles. The largest absolute Gasteiger partial charge is 0.480 e. The monoisotopic (exact) mass is 281 g/mol. The van der Waals surface area contributed by atoms with Crippen molar-refractivity contribution < 1.29 is 9.90 Å². The van der Waals surface area contributed by atoms with Gasteiger partial charge in [-0.25, -0.2) is 0 Å². The average Bonchev–Trinajstić information content (AvgIpc) is 3.07. The number of carboxylic acid groups (broad SMARTS) is 1. The van der Waals surface area contributed by atoms with Gasteiger partial charge >= 0.3 is 5.97 Å². The normalized spacial score (nSPS) is 34.9. The fraction of sp³-hybridized carbons (Fsp3) is 0.933. The Morgan fingerprint density at radius 1 is 1.00 bits per heavy atom.